The summed E-state index contributed by atoms with van der Waals surface area (Å²) in [5, 5.41) is 5.43. The molecule has 0 saturated carbocycles. The minimum Gasteiger partial charge on any atom is -0.358 e. The number of likely N-dealkylation sites (N-methyl/N-ethyl adjacent to an activating group) is 1. The number of nitrogens with one attached hydrogen (secondary N) is 2. The van der Waals surface area contributed by atoms with E-state index in [1.54, 1.807) is 27.9 Å². The lowest BCUT2D eigenvalue weighted by Gasteiger charge is -2.39. The number of hydrogen-bond donors (Lipinski definition) is 2. The Morgan fingerprint density at radius 2 is 2.05 bits per heavy atom. The first-order valence-electron chi connectivity index (χ1n) is 6.12. The Kier molecular flexibility index (Phi) is 4.78. The lowest BCUT2D eigenvalue weighted by atomic mass is 10.2. The van der Waals surface area contributed by atoms with Crippen LogP contribution >= 0.6 is 0 Å². The highest BCUT2D eigenvalue weighted by molar-refractivity contribution is 7.92. The Balaban J connectivity index is 2.73. The first-order valence-corrected chi connectivity index (χ1v) is 7.77. The average molecular weight is 290 g/mol. The normalized spacial score (nSPS) is 21.9. The highest BCUT2D eigenvalue weighted by Crippen LogP contribution is 2.23. The van der Waals surface area contributed by atoms with Crippen LogP contribution in [0.4, 0.5) is 0 Å². The van der Waals surface area contributed by atoms with Gasteiger partial charge in [0.2, 0.25) is 5.91 Å². The van der Waals surface area contributed by atoms with E-state index < -0.39 is 14.6 Å². The lowest BCUT2D eigenvalue weighted by Crippen LogP contribution is -2.57. The molecule has 0 atom stereocenters. The molecule has 1 aliphatic rings. The van der Waals surface area contributed by atoms with E-state index in [0.717, 1.165) is 0 Å². The van der Waals surface area contributed by atoms with E-state index in [9.17, 15) is 13.2 Å². The molecule has 0 radical (unpaired) electrons. The maximum absolute atomic E-state index is 11.9. The number of amides is 1. The summed E-state index contributed by atoms with van der Waals surface area (Å²) in [5.41, 5.74) is 0. The highest BCUT2D eigenvalue weighted by Gasteiger charge is 2.40. The van der Waals surface area contributed by atoms with Crippen molar-refractivity contribution in [2.75, 3.05) is 39.5 Å². The van der Waals surface area contributed by atoms with Gasteiger partial charge in [0, 0.05) is 27.2 Å². The number of carbonyl (C=O) groups is 1. The number of aliphatic imine (C=N–C) groups is 1. The molecule has 110 valence electrons. The van der Waals surface area contributed by atoms with Crippen molar-refractivity contribution in [1.29, 1.82) is 0 Å². The Morgan fingerprint density at radius 1 is 1.42 bits per heavy atom. The zero-order valence-electron chi connectivity index (χ0n) is 11.9. The van der Waals surface area contributed by atoms with Crippen LogP contribution in [0.15, 0.2) is 4.99 Å². The maximum Gasteiger partial charge on any atom is 0.239 e. The SMILES string of the molecule is CN=C(NCC(=O)NC)N1CCS(=O)(=O)C(C)(C)C1. The van der Waals surface area contributed by atoms with E-state index >= 15 is 0 Å². The molecular weight excluding hydrogens is 268 g/mol. The van der Waals surface area contributed by atoms with Gasteiger partial charge < -0.3 is 15.5 Å². The largest absolute Gasteiger partial charge is 0.358 e. The van der Waals surface area contributed by atoms with Crippen molar-refractivity contribution in [3.05, 3.63) is 0 Å². The van der Waals surface area contributed by atoms with Crippen molar-refractivity contribution in [2.24, 2.45) is 4.99 Å². The van der Waals surface area contributed by atoms with Crippen LogP contribution < -0.4 is 10.6 Å². The Hall–Kier alpha value is -1.31. The minimum atomic E-state index is -3.08. The van der Waals surface area contributed by atoms with E-state index in [4.69, 9.17) is 0 Å². The Morgan fingerprint density at radius 3 is 2.53 bits per heavy atom. The van der Waals surface area contributed by atoms with E-state index in [1.807, 2.05) is 4.90 Å². The number of hydrogen-bond acceptors (Lipinski definition) is 4. The molecule has 0 aromatic heterocycles. The second-order valence-corrected chi connectivity index (χ2v) is 7.82. The zero-order valence-corrected chi connectivity index (χ0v) is 12.7. The maximum atomic E-state index is 11.9. The molecule has 8 heteroatoms. The fraction of sp³-hybridized carbons (Fsp3) is 0.818. The van der Waals surface area contributed by atoms with Gasteiger partial charge in [0.05, 0.1) is 17.0 Å². The molecule has 0 spiro atoms. The van der Waals surface area contributed by atoms with E-state index in [2.05, 4.69) is 15.6 Å². The van der Waals surface area contributed by atoms with Gasteiger partial charge in [-0.2, -0.15) is 0 Å². The van der Waals surface area contributed by atoms with E-state index in [-0.39, 0.29) is 18.2 Å². The van der Waals surface area contributed by atoms with Crippen molar-refractivity contribution in [1.82, 2.24) is 15.5 Å². The van der Waals surface area contributed by atoms with Crippen LogP contribution in [0, 0.1) is 0 Å². The molecule has 1 amide bonds. The fourth-order valence-corrected chi connectivity index (χ4v) is 3.27. The van der Waals surface area contributed by atoms with Crippen LogP contribution in [0.3, 0.4) is 0 Å². The van der Waals surface area contributed by atoms with Crippen LogP contribution in [0.5, 0.6) is 0 Å². The molecule has 1 fully saturated rings. The first-order chi connectivity index (χ1) is 8.73. The van der Waals surface area contributed by atoms with Crippen LogP contribution in [0.25, 0.3) is 0 Å². The molecule has 0 aromatic rings. The molecular formula is C11H22N4O3S. The summed E-state index contributed by atoms with van der Waals surface area (Å²) in [4.78, 5) is 17.2. The van der Waals surface area contributed by atoms with Crippen LogP contribution in [-0.2, 0) is 14.6 Å². The minimum absolute atomic E-state index is 0.0979. The summed E-state index contributed by atoms with van der Waals surface area (Å²) in [5.74, 6) is 0.498. The van der Waals surface area contributed by atoms with Gasteiger partial charge in [-0.05, 0) is 13.8 Å². The smallest absolute Gasteiger partial charge is 0.239 e. The predicted molar refractivity (Wildman–Crippen MR) is 74.9 cm³/mol. The Labute approximate surface area is 114 Å². The summed E-state index contributed by atoms with van der Waals surface area (Å²) >= 11 is 0. The fourth-order valence-electron chi connectivity index (χ4n) is 1.90. The number of guanidine groups is 1. The number of carbonyl (C=O) groups excluding carboxylic acids is 1. The Bertz CT molecular complexity index is 470. The van der Waals surface area contributed by atoms with Crippen LogP contribution in [0.1, 0.15) is 13.8 Å². The summed E-state index contributed by atoms with van der Waals surface area (Å²) in [6, 6.07) is 0. The summed E-state index contributed by atoms with van der Waals surface area (Å²) in [6.07, 6.45) is 0. The molecule has 1 rings (SSSR count). The van der Waals surface area contributed by atoms with Crippen molar-refractivity contribution >= 4 is 21.7 Å². The summed E-state index contributed by atoms with van der Waals surface area (Å²) in [7, 11) is 0.0970. The third-order valence-corrected chi connectivity index (χ3v) is 5.77. The average Bonchev–Trinajstić information content (AvgIpc) is 2.34. The highest BCUT2D eigenvalue weighted by atomic mass is 32.2. The van der Waals surface area contributed by atoms with Crippen molar-refractivity contribution in [3.8, 4) is 0 Å². The van der Waals surface area contributed by atoms with Crippen molar-refractivity contribution < 1.29 is 13.2 Å². The monoisotopic (exact) mass is 290 g/mol. The van der Waals surface area contributed by atoms with Crippen molar-refractivity contribution in [2.45, 2.75) is 18.6 Å². The zero-order chi connectivity index (χ0) is 14.7. The summed E-state index contributed by atoms with van der Waals surface area (Å²) in [6.45, 7) is 4.29. The lowest BCUT2D eigenvalue weighted by molar-refractivity contribution is -0.119. The molecule has 19 heavy (non-hydrogen) atoms. The van der Waals surface area contributed by atoms with Gasteiger partial charge in [0.25, 0.3) is 0 Å². The molecule has 1 saturated heterocycles. The number of sulfone groups is 1. The van der Waals surface area contributed by atoms with Gasteiger partial charge in [-0.1, -0.05) is 0 Å². The van der Waals surface area contributed by atoms with Crippen LogP contribution in [-0.4, -0.2) is 69.4 Å². The first kappa shape index (κ1) is 15.7. The van der Waals surface area contributed by atoms with Gasteiger partial charge in [0.15, 0.2) is 15.8 Å². The number of nitrogens with zero attached hydrogens (tertiary/aromatic N) is 2. The predicted octanol–water partition coefficient (Wildman–Crippen LogP) is -1.18. The van der Waals surface area contributed by atoms with Gasteiger partial charge in [-0.25, -0.2) is 8.42 Å². The van der Waals surface area contributed by atoms with E-state index in [1.165, 1.54) is 0 Å². The second kappa shape index (κ2) is 5.77. The topological polar surface area (TPSA) is 90.9 Å². The third kappa shape index (κ3) is 3.59. The molecule has 0 aromatic carbocycles. The van der Waals surface area contributed by atoms with Crippen molar-refractivity contribution in [3.63, 3.8) is 0 Å². The number of rotatable bonds is 2. The molecule has 1 aliphatic heterocycles. The molecule has 1 heterocycles. The molecule has 0 bridgehead atoms. The van der Waals surface area contributed by atoms with Gasteiger partial charge >= 0.3 is 0 Å². The summed E-state index contributed by atoms with van der Waals surface area (Å²) < 4.78 is 23.0. The molecule has 0 unspecified atom stereocenters. The second-order valence-electron chi connectivity index (χ2n) is 5.07. The quantitative estimate of drug-likeness (QED) is 0.493. The molecule has 0 aliphatic carbocycles. The third-order valence-electron chi connectivity index (χ3n) is 3.24. The molecule has 2 N–H and O–H groups in total. The van der Waals surface area contributed by atoms with Gasteiger partial charge in [-0.3, -0.25) is 9.79 Å². The van der Waals surface area contributed by atoms with Gasteiger partial charge in [-0.15, -0.1) is 0 Å². The van der Waals surface area contributed by atoms with E-state index in [0.29, 0.717) is 19.0 Å². The molecule has 7 nitrogen and oxygen atoms in total. The standard InChI is InChI=1S/C11H22N4O3S/c1-11(2)8-15(5-6-19(11,17)18)10(13-4)14-7-9(16)12-3/h5-8H2,1-4H3,(H,12,16)(H,13,14). The van der Waals surface area contributed by atoms with Crippen LogP contribution in [0.2, 0.25) is 0 Å². The van der Waals surface area contributed by atoms with Gasteiger partial charge in [0.1, 0.15) is 0 Å².